The number of hydrogen-bond donors (Lipinski definition) is 1. The van der Waals surface area contributed by atoms with Crippen molar-refractivity contribution in [3.8, 4) is 0 Å². The Morgan fingerprint density at radius 1 is 1.32 bits per heavy atom. The molecule has 1 amide bonds. The fourth-order valence-electron chi connectivity index (χ4n) is 2.68. The fourth-order valence-corrected chi connectivity index (χ4v) is 3.40. The van der Waals surface area contributed by atoms with Crippen LogP contribution in [0.4, 0.5) is 5.69 Å². The summed E-state index contributed by atoms with van der Waals surface area (Å²) in [6.07, 6.45) is 2.84. The van der Waals surface area contributed by atoms with Gasteiger partial charge in [0.25, 0.3) is 5.91 Å². The average molecular weight is 411 g/mol. The number of nitrogens with zero attached hydrogens (tertiary/aromatic N) is 2. The third-order valence-corrected chi connectivity index (χ3v) is 4.39. The van der Waals surface area contributed by atoms with Gasteiger partial charge in [-0.1, -0.05) is 39.0 Å². The molecule has 1 unspecified atom stereocenters. The van der Waals surface area contributed by atoms with Crippen LogP contribution < -0.4 is 5.32 Å². The maximum Gasteiger partial charge on any atom is 0.259 e. The molecule has 0 fully saturated rings. The number of hydrogen-bond acceptors (Lipinski definition) is 2. The summed E-state index contributed by atoms with van der Waals surface area (Å²) in [6.45, 7) is 6.64. The van der Waals surface area contributed by atoms with Crippen molar-refractivity contribution >= 4 is 34.2 Å². The molecule has 22 heavy (non-hydrogen) atoms. The van der Waals surface area contributed by atoms with Gasteiger partial charge < -0.3 is 5.32 Å². The molecule has 0 saturated carbocycles. The molecule has 0 saturated heterocycles. The van der Waals surface area contributed by atoms with Crippen LogP contribution in [-0.2, 0) is 7.05 Å². The number of benzene rings is 1. The van der Waals surface area contributed by atoms with Gasteiger partial charge in [-0.15, -0.1) is 0 Å². The van der Waals surface area contributed by atoms with Gasteiger partial charge in [0, 0.05) is 18.9 Å². The zero-order chi connectivity index (χ0) is 16.3. The van der Waals surface area contributed by atoms with Crippen LogP contribution in [0.1, 0.15) is 49.0 Å². The largest absolute Gasteiger partial charge is 0.322 e. The second-order valence-electron chi connectivity index (χ2n) is 6.08. The normalized spacial score (nSPS) is 12.5. The van der Waals surface area contributed by atoms with E-state index in [1.165, 1.54) is 5.56 Å². The number of amides is 1. The van der Waals surface area contributed by atoms with Gasteiger partial charge >= 0.3 is 0 Å². The van der Waals surface area contributed by atoms with Gasteiger partial charge in [0.15, 0.2) is 0 Å². The Kier molecular flexibility index (Phi) is 5.61. The molecule has 5 heteroatoms. The van der Waals surface area contributed by atoms with Crippen LogP contribution in [0, 0.1) is 9.62 Å². The Hall–Kier alpha value is -1.37. The summed E-state index contributed by atoms with van der Waals surface area (Å²) in [7, 11) is 1.82. The molecular formula is C17H22IN3O. The molecule has 4 nitrogen and oxygen atoms in total. The van der Waals surface area contributed by atoms with E-state index in [0.717, 1.165) is 12.1 Å². The number of carbonyl (C=O) groups excluding carboxylic acids is 1. The molecule has 1 aromatic carbocycles. The van der Waals surface area contributed by atoms with Crippen LogP contribution in [0.15, 0.2) is 30.5 Å². The van der Waals surface area contributed by atoms with Crippen molar-refractivity contribution in [2.75, 3.05) is 5.32 Å². The van der Waals surface area contributed by atoms with Crippen molar-refractivity contribution in [2.45, 2.75) is 33.1 Å². The molecular weight excluding hydrogens is 389 g/mol. The molecule has 1 N–H and O–H groups in total. The van der Waals surface area contributed by atoms with E-state index >= 15 is 0 Å². The third-order valence-electron chi connectivity index (χ3n) is 3.59. The van der Waals surface area contributed by atoms with Gasteiger partial charge in [-0.2, -0.15) is 5.10 Å². The Balaban J connectivity index is 2.23. The van der Waals surface area contributed by atoms with E-state index in [-0.39, 0.29) is 5.91 Å². The highest BCUT2D eigenvalue weighted by Crippen LogP contribution is 2.29. The minimum Gasteiger partial charge on any atom is -0.322 e. The van der Waals surface area contributed by atoms with E-state index in [1.54, 1.807) is 10.9 Å². The molecule has 1 atom stereocenters. The third kappa shape index (κ3) is 4.09. The lowest BCUT2D eigenvalue weighted by Crippen LogP contribution is -2.14. The summed E-state index contributed by atoms with van der Waals surface area (Å²) in [4.78, 5) is 12.5. The Morgan fingerprint density at radius 3 is 2.59 bits per heavy atom. The van der Waals surface area contributed by atoms with E-state index in [1.807, 2.05) is 25.2 Å². The van der Waals surface area contributed by atoms with E-state index in [9.17, 15) is 4.79 Å². The van der Waals surface area contributed by atoms with Crippen LogP contribution in [0.25, 0.3) is 0 Å². The topological polar surface area (TPSA) is 46.9 Å². The smallest absolute Gasteiger partial charge is 0.259 e. The van der Waals surface area contributed by atoms with Crippen molar-refractivity contribution in [3.63, 3.8) is 0 Å². The molecule has 0 aliphatic rings. The number of aromatic nitrogens is 2. The first-order chi connectivity index (χ1) is 10.4. The minimum atomic E-state index is -0.110. The first-order valence-corrected chi connectivity index (χ1v) is 8.55. The maximum atomic E-state index is 12.5. The summed E-state index contributed by atoms with van der Waals surface area (Å²) in [5.74, 6) is 0.921. The zero-order valence-corrected chi connectivity index (χ0v) is 15.6. The van der Waals surface area contributed by atoms with Crippen LogP contribution in [0.5, 0.6) is 0 Å². The van der Waals surface area contributed by atoms with Gasteiger partial charge in [0.2, 0.25) is 0 Å². The summed E-state index contributed by atoms with van der Waals surface area (Å²) >= 11 is 2.08. The number of para-hydroxylation sites is 1. The molecule has 0 bridgehead atoms. The standard InChI is InChI=1S/C17H22IN3O/c1-11(2)9-12(3)13-7-5-6-8-15(13)19-17(22)14-10-21(4)20-16(14)18/h5-8,10-12H,9H2,1-4H3,(H,19,22). The number of aryl methyl sites for hydroxylation is 1. The van der Waals surface area contributed by atoms with Crippen molar-refractivity contribution in [1.82, 2.24) is 9.78 Å². The van der Waals surface area contributed by atoms with Gasteiger partial charge in [-0.05, 0) is 52.5 Å². The first-order valence-electron chi connectivity index (χ1n) is 7.48. The monoisotopic (exact) mass is 411 g/mol. The van der Waals surface area contributed by atoms with E-state index in [0.29, 0.717) is 21.1 Å². The van der Waals surface area contributed by atoms with Crippen LogP contribution in [0.2, 0.25) is 0 Å². The summed E-state index contributed by atoms with van der Waals surface area (Å²) in [6, 6.07) is 8.04. The summed E-state index contributed by atoms with van der Waals surface area (Å²) < 4.78 is 2.37. The van der Waals surface area contributed by atoms with Crippen LogP contribution in [-0.4, -0.2) is 15.7 Å². The molecule has 2 aromatic rings. The molecule has 0 aliphatic heterocycles. The van der Waals surface area contributed by atoms with Crippen molar-refractivity contribution in [3.05, 3.63) is 45.3 Å². The predicted octanol–water partition coefficient (Wildman–Crippen LogP) is 4.43. The Morgan fingerprint density at radius 2 is 2.00 bits per heavy atom. The van der Waals surface area contributed by atoms with Gasteiger partial charge in [0.05, 0.1) is 5.56 Å². The molecule has 2 rings (SSSR count). The molecule has 0 radical (unpaired) electrons. The predicted molar refractivity (Wildman–Crippen MR) is 98.2 cm³/mol. The average Bonchev–Trinajstić information content (AvgIpc) is 2.77. The zero-order valence-electron chi connectivity index (χ0n) is 13.4. The van der Waals surface area contributed by atoms with Gasteiger partial charge in [-0.25, -0.2) is 0 Å². The van der Waals surface area contributed by atoms with Gasteiger partial charge in [-0.3, -0.25) is 9.48 Å². The van der Waals surface area contributed by atoms with Gasteiger partial charge in [0.1, 0.15) is 3.70 Å². The number of anilines is 1. The Labute approximate surface area is 145 Å². The van der Waals surface area contributed by atoms with Crippen LogP contribution in [0.3, 0.4) is 0 Å². The molecule has 1 heterocycles. The van der Waals surface area contributed by atoms with Crippen LogP contribution >= 0.6 is 22.6 Å². The SMILES string of the molecule is CC(C)CC(C)c1ccccc1NC(=O)c1cn(C)nc1I. The maximum absolute atomic E-state index is 12.5. The summed E-state index contributed by atoms with van der Waals surface area (Å²) in [5, 5.41) is 7.25. The number of rotatable bonds is 5. The Bertz CT molecular complexity index is 664. The lowest BCUT2D eigenvalue weighted by Gasteiger charge is -2.18. The lowest BCUT2D eigenvalue weighted by molar-refractivity contribution is 0.102. The van der Waals surface area contributed by atoms with Crippen molar-refractivity contribution < 1.29 is 4.79 Å². The minimum absolute atomic E-state index is 0.110. The highest BCUT2D eigenvalue weighted by molar-refractivity contribution is 14.1. The second-order valence-corrected chi connectivity index (χ2v) is 7.10. The van der Waals surface area contributed by atoms with E-state index in [2.05, 4.69) is 59.8 Å². The fraction of sp³-hybridized carbons (Fsp3) is 0.412. The quantitative estimate of drug-likeness (QED) is 0.741. The van der Waals surface area contributed by atoms with E-state index < -0.39 is 0 Å². The number of carbonyl (C=O) groups is 1. The molecule has 0 aliphatic carbocycles. The molecule has 118 valence electrons. The molecule has 1 aromatic heterocycles. The number of nitrogens with one attached hydrogen (secondary N) is 1. The van der Waals surface area contributed by atoms with Crippen molar-refractivity contribution in [1.29, 1.82) is 0 Å². The van der Waals surface area contributed by atoms with Crippen molar-refractivity contribution in [2.24, 2.45) is 13.0 Å². The number of halogens is 1. The second kappa shape index (κ2) is 7.26. The van der Waals surface area contributed by atoms with E-state index in [4.69, 9.17) is 0 Å². The highest BCUT2D eigenvalue weighted by Gasteiger charge is 2.17. The highest BCUT2D eigenvalue weighted by atomic mass is 127. The molecule has 0 spiro atoms. The first kappa shape index (κ1) is 17.0. The summed E-state index contributed by atoms with van der Waals surface area (Å²) in [5.41, 5.74) is 2.68. The lowest BCUT2D eigenvalue weighted by atomic mass is 9.91.